The van der Waals surface area contributed by atoms with Crippen LogP contribution in [0.4, 0.5) is 10.8 Å². The molecule has 0 atom stereocenters. The number of nitrogens with one attached hydrogen (secondary N) is 2. The van der Waals surface area contributed by atoms with E-state index in [1.54, 1.807) is 24.3 Å². The molecule has 1 aromatic heterocycles. The number of anilines is 2. The third-order valence-electron chi connectivity index (χ3n) is 4.15. The molecule has 2 N–H and O–H groups in total. The van der Waals surface area contributed by atoms with Gasteiger partial charge < -0.3 is 29.6 Å². The minimum atomic E-state index is -0.373. The molecule has 2 amide bonds. The molecule has 0 saturated carbocycles. The van der Waals surface area contributed by atoms with Crippen LogP contribution in [0.1, 0.15) is 17.3 Å². The van der Waals surface area contributed by atoms with E-state index in [1.165, 1.54) is 46.7 Å². The van der Waals surface area contributed by atoms with Crippen molar-refractivity contribution in [1.82, 2.24) is 4.98 Å². The first-order valence-electron chi connectivity index (χ1n) is 8.77. The van der Waals surface area contributed by atoms with Crippen LogP contribution in [0.25, 0.3) is 10.2 Å². The first kappa shape index (κ1) is 21.2. The molecule has 2 aromatic carbocycles. The summed E-state index contributed by atoms with van der Waals surface area (Å²) in [6.07, 6.45) is 0. The average Bonchev–Trinajstić information content (AvgIpc) is 3.13. The Labute approximate surface area is 176 Å². The van der Waals surface area contributed by atoms with Crippen molar-refractivity contribution >= 4 is 44.2 Å². The van der Waals surface area contributed by atoms with E-state index in [2.05, 4.69) is 15.6 Å². The molecule has 30 heavy (non-hydrogen) atoms. The Balaban J connectivity index is 1.95. The smallest absolute Gasteiger partial charge is 0.255 e. The van der Waals surface area contributed by atoms with Crippen LogP contribution in [0.3, 0.4) is 0 Å². The number of hydrogen-bond donors (Lipinski definition) is 2. The lowest BCUT2D eigenvalue weighted by Gasteiger charge is -2.14. The second-order valence-electron chi connectivity index (χ2n) is 6.09. The van der Waals surface area contributed by atoms with Gasteiger partial charge in [-0.05, 0) is 18.2 Å². The van der Waals surface area contributed by atoms with Gasteiger partial charge in [-0.1, -0.05) is 11.3 Å². The van der Waals surface area contributed by atoms with Gasteiger partial charge in [0.15, 0.2) is 16.6 Å². The molecular formula is C20H21N3O6S. The van der Waals surface area contributed by atoms with Crippen molar-refractivity contribution in [2.45, 2.75) is 6.92 Å². The molecule has 0 aliphatic carbocycles. The van der Waals surface area contributed by atoms with E-state index in [1.807, 2.05) is 0 Å². The topological polar surface area (TPSA) is 108 Å². The number of rotatable bonds is 7. The van der Waals surface area contributed by atoms with Crippen molar-refractivity contribution < 1.29 is 28.5 Å². The highest BCUT2D eigenvalue weighted by atomic mass is 32.1. The summed E-state index contributed by atoms with van der Waals surface area (Å²) in [5.41, 5.74) is 1.43. The van der Waals surface area contributed by atoms with Gasteiger partial charge in [-0.3, -0.25) is 9.59 Å². The Morgan fingerprint density at radius 3 is 2.03 bits per heavy atom. The molecule has 0 saturated heterocycles. The largest absolute Gasteiger partial charge is 0.494 e. The Kier molecular flexibility index (Phi) is 6.26. The van der Waals surface area contributed by atoms with Crippen LogP contribution in [0, 0.1) is 0 Å². The Morgan fingerprint density at radius 1 is 0.867 bits per heavy atom. The number of thiazole rings is 1. The van der Waals surface area contributed by atoms with Crippen LogP contribution in [0.15, 0.2) is 24.3 Å². The molecule has 9 nitrogen and oxygen atoms in total. The van der Waals surface area contributed by atoms with Crippen LogP contribution < -0.4 is 29.6 Å². The number of carbonyl (C=O) groups excluding carboxylic acids is 2. The number of hydrogen-bond acceptors (Lipinski definition) is 8. The zero-order valence-electron chi connectivity index (χ0n) is 17.1. The van der Waals surface area contributed by atoms with Crippen LogP contribution in [-0.4, -0.2) is 45.2 Å². The molecule has 0 spiro atoms. The van der Waals surface area contributed by atoms with Gasteiger partial charge in [0, 0.05) is 24.2 Å². The van der Waals surface area contributed by atoms with E-state index in [9.17, 15) is 9.59 Å². The second kappa shape index (κ2) is 8.87. The average molecular weight is 431 g/mol. The van der Waals surface area contributed by atoms with E-state index >= 15 is 0 Å². The fourth-order valence-electron chi connectivity index (χ4n) is 2.85. The van der Waals surface area contributed by atoms with Crippen LogP contribution in [0.5, 0.6) is 23.0 Å². The minimum Gasteiger partial charge on any atom is -0.494 e. The maximum absolute atomic E-state index is 12.9. The number of benzene rings is 2. The third-order valence-corrected chi connectivity index (χ3v) is 5.07. The molecule has 0 fully saturated rings. The Hall–Kier alpha value is -3.53. The number of carbonyl (C=O) groups is 2. The Morgan fingerprint density at radius 2 is 1.50 bits per heavy atom. The normalized spacial score (nSPS) is 10.4. The summed E-state index contributed by atoms with van der Waals surface area (Å²) in [4.78, 5) is 28.5. The molecule has 0 aliphatic rings. The van der Waals surface area contributed by atoms with Crippen molar-refractivity contribution in [3.05, 3.63) is 29.8 Å². The van der Waals surface area contributed by atoms with Gasteiger partial charge in [0.1, 0.15) is 11.3 Å². The van der Waals surface area contributed by atoms with E-state index < -0.39 is 0 Å². The number of methoxy groups -OCH3 is 4. The summed E-state index contributed by atoms with van der Waals surface area (Å²) in [6.45, 7) is 1.41. The maximum atomic E-state index is 12.9. The fraction of sp³-hybridized carbons (Fsp3) is 0.250. The van der Waals surface area contributed by atoms with Gasteiger partial charge in [0.25, 0.3) is 5.91 Å². The molecule has 0 aliphatic heterocycles. The van der Waals surface area contributed by atoms with Crippen LogP contribution in [0.2, 0.25) is 0 Å². The van der Waals surface area contributed by atoms with Gasteiger partial charge in [0.05, 0.1) is 33.1 Å². The van der Waals surface area contributed by atoms with Crippen molar-refractivity contribution in [1.29, 1.82) is 0 Å². The third kappa shape index (κ3) is 4.23. The lowest BCUT2D eigenvalue weighted by Crippen LogP contribution is -2.12. The van der Waals surface area contributed by atoms with E-state index in [4.69, 9.17) is 18.9 Å². The molecular weight excluding hydrogens is 410 g/mol. The predicted octanol–water partition coefficient (Wildman–Crippen LogP) is 3.54. The van der Waals surface area contributed by atoms with Gasteiger partial charge in [0.2, 0.25) is 11.7 Å². The van der Waals surface area contributed by atoms with E-state index in [0.29, 0.717) is 44.9 Å². The molecule has 0 radical (unpaired) electrons. The minimum absolute atomic E-state index is 0.219. The molecule has 3 aromatic rings. The summed E-state index contributed by atoms with van der Waals surface area (Å²) in [7, 11) is 5.96. The van der Waals surface area contributed by atoms with E-state index in [-0.39, 0.29) is 11.8 Å². The molecule has 158 valence electrons. The lowest BCUT2D eigenvalue weighted by molar-refractivity contribution is -0.114. The lowest BCUT2D eigenvalue weighted by atomic mass is 10.1. The van der Waals surface area contributed by atoms with Crippen molar-refractivity contribution in [3.8, 4) is 23.0 Å². The highest BCUT2D eigenvalue weighted by molar-refractivity contribution is 7.22. The molecule has 3 rings (SSSR count). The SMILES string of the molecule is COc1cc(C(=O)Nc2cc(OC)c3nc(NC(C)=O)sc3c2)cc(OC)c1OC. The second-order valence-corrected chi connectivity index (χ2v) is 7.12. The number of ether oxygens (including phenoxy) is 4. The monoisotopic (exact) mass is 431 g/mol. The quantitative estimate of drug-likeness (QED) is 0.589. The number of amides is 2. The predicted molar refractivity (Wildman–Crippen MR) is 115 cm³/mol. The van der Waals surface area contributed by atoms with Gasteiger partial charge in [-0.15, -0.1) is 0 Å². The number of nitrogens with zero attached hydrogens (tertiary/aromatic N) is 1. The van der Waals surface area contributed by atoms with Crippen LogP contribution in [-0.2, 0) is 4.79 Å². The summed E-state index contributed by atoms with van der Waals surface area (Å²) < 4.78 is 22.0. The summed E-state index contributed by atoms with van der Waals surface area (Å²) in [5, 5.41) is 5.94. The molecule has 10 heteroatoms. The van der Waals surface area contributed by atoms with Crippen LogP contribution >= 0.6 is 11.3 Å². The van der Waals surface area contributed by atoms with Gasteiger partial charge in [-0.2, -0.15) is 0 Å². The first-order chi connectivity index (χ1) is 14.4. The number of aromatic nitrogens is 1. The zero-order valence-corrected chi connectivity index (χ0v) is 17.9. The van der Waals surface area contributed by atoms with Crippen molar-refractivity contribution in [2.24, 2.45) is 0 Å². The first-order valence-corrected chi connectivity index (χ1v) is 9.59. The molecule has 1 heterocycles. The summed E-state index contributed by atoms with van der Waals surface area (Å²) in [6, 6.07) is 6.55. The fourth-order valence-corrected chi connectivity index (χ4v) is 3.81. The van der Waals surface area contributed by atoms with Gasteiger partial charge >= 0.3 is 0 Å². The molecule has 0 unspecified atom stereocenters. The molecule has 0 bridgehead atoms. The zero-order chi connectivity index (χ0) is 21.8. The Bertz CT molecular complexity index is 1090. The summed E-state index contributed by atoms with van der Waals surface area (Å²) >= 11 is 1.28. The number of fused-ring (bicyclic) bond motifs is 1. The highest BCUT2D eigenvalue weighted by Crippen LogP contribution is 2.39. The van der Waals surface area contributed by atoms with Crippen molar-refractivity contribution in [2.75, 3.05) is 39.1 Å². The standard InChI is InChI=1S/C20H21N3O6S/c1-10(24)21-20-23-17-13(26-2)8-12(9-16(17)30-20)22-19(25)11-6-14(27-3)18(29-5)15(7-11)28-4/h6-9H,1-5H3,(H,22,25)(H,21,23,24). The highest BCUT2D eigenvalue weighted by Gasteiger charge is 2.18. The maximum Gasteiger partial charge on any atom is 0.255 e. The van der Waals surface area contributed by atoms with E-state index in [0.717, 1.165) is 4.70 Å². The summed E-state index contributed by atoms with van der Waals surface area (Å²) in [5.74, 6) is 1.02. The van der Waals surface area contributed by atoms with Crippen molar-refractivity contribution in [3.63, 3.8) is 0 Å². The van der Waals surface area contributed by atoms with Gasteiger partial charge in [-0.25, -0.2) is 4.98 Å².